The predicted molar refractivity (Wildman–Crippen MR) is 122 cm³/mol. The first-order chi connectivity index (χ1) is 15.4. The van der Waals surface area contributed by atoms with Gasteiger partial charge in [-0.05, 0) is 42.0 Å². The van der Waals surface area contributed by atoms with Crippen LogP contribution in [0.25, 0.3) is 10.2 Å². The summed E-state index contributed by atoms with van der Waals surface area (Å²) in [5, 5.41) is 1.24. The van der Waals surface area contributed by atoms with E-state index in [2.05, 4.69) is 0 Å². The largest absolute Gasteiger partial charge is 0.416 e. The molecule has 2 aromatic heterocycles. The number of benzene rings is 2. The number of thioether (sulfide) groups is 1. The van der Waals surface area contributed by atoms with Crippen LogP contribution >= 0.6 is 23.1 Å². The number of hydrogen-bond donors (Lipinski definition) is 0. The van der Waals surface area contributed by atoms with E-state index in [0.29, 0.717) is 28.4 Å². The zero-order chi connectivity index (χ0) is 22.3. The highest BCUT2D eigenvalue weighted by atomic mass is 32.2. The maximum Gasteiger partial charge on any atom is 0.416 e. The summed E-state index contributed by atoms with van der Waals surface area (Å²) in [6.45, 7) is 0.373. The third-order valence-electron chi connectivity index (χ3n) is 5.60. The minimum atomic E-state index is -4.38. The van der Waals surface area contributed by atoms with Gasteiger partial charge < -0.3 is 0 Å². The Morgan fingerprint density at radius 1 is 1.03 bits per heavy atom. The molecule has 0 fully saturated rings. The van der Waals surface area contributed by atoms with Crippen molar-refractivity contribution in [2.45, 2.75) is 42.9 Å². The number of alkyl halides is 3. The lowest BCUT2D eigenvalue weighted by Crippen LogP contribution is -2.24. The summed E-state index contributed by atoms with van der Waals surface area (Å²) < 4.78 is 40.9. The van der Waals surface area contributed by atoms with E-state index in [1.165, 1.54) is 22.7 Å². The van der Waals surface area contributed by atoms with Gasteiger partial charge in [-0.3, -0.25) is 9.36 Å². The summed E-state index contributed by atoms with van der Waals surface area (Å²) in [4.78, 5) is 20.3. The molecule has 4 aromatic rings. The van der Waals surface area contributed by atoms with Crippen molar-refractivity contribution in [1.29, 1.82) is 0 Å². The maximum absolute atomic E-state index is 13.5. The molecule has 0 spiro atoms. The molecular formula is C24H19F3N2OS2. The summed E-state index contributed by atoms with van der Waals surface area (Å²) >= 11 is 2.87. The Kier molecular flexibility index (Phi) is 5.59. The van der Waals surface area contributed by atoms with Crippen LogP contribution in [0, 0.1) is 0 Å². The van der Waals surface area contributed by atoms with Gasteiger partial charge >= 0.3 is 6.18 Å². The second-order valence-corrected chi connectivity index (χ2v) is 9.82. The molecule has 0 unspecified atom stereocenters. The fraction of sp³-hybridized carbons (Fsp3) is 0.250. The Bertz CT molecular complexity index is 1340. The quantitative estimate of drug-likeness (QED) is 0.252. The average Bonchev–Trinajstić information content (AvgIpc) is 3.36. The molecule has 5 rings (SSSR count). The standard InChI is InChI=1S/C24H19F3N2OS2/c25-24(26,27)17-9-4-8-16(12-17)14-31-23-28-21-20(18-10-5-11-19(18)32-21)22(30)29(23)13-15-6-2-1-3-7-15/h1-4,6-9,12H,5,10-11,13-14H2. The molecule has 2 heterocycles. The van der Waals surface area contributed by atoms with Crippen LogP contribution in [0.15, 0.2) is 64.5 Å². The molecule has 0 atom stereocenters. The monoisotopic (exact) mass is 472 g/mol. The topological polar surface area (TPSA) is 34.9 Å². The third kappa shape index (κ3) is 4.09. The van der Waals surface area contributed by atoms with Gasteiger partial charge in [0.2, 0.25) is 0 Å². The lowest BCUT2D eigenvalue weighted by Gasteiger charge is -2.13. The Balaban J connectivity index is 1.54. The molecule has 0 saturated heterocycles. The van der Waals surface area contributed by atoms with Gasteiger partial charge in [0, 0.05) is 10.6 Å². The van der Waals surface area contributed by atoms with E-state index in [1.807, 2.05) is 30.3 Å². The van der Waals surface area contributed by atoms with E-state index >= 15 is 0 Å². The molecule has 0 bridgehead atoms. The van der Waals surface area contributed by atoms with Crippen LogP contribution < -0.4 is 5.56 Å². The van der Waals surface area contributed by atoms with Crippen LogP contribution in [0.1, 0.15) is 33.6 Å². The Morgan fingerprint density at radius 2 is 1.81 bits per heavy atom. The molecule has 0 aliphatic heterocycles. The number of halogens is 3. The highest BCUT2D eigenvalue weighted by Crippen LogP contribution is 2.36. The summed E-state index contributed by atoms with van der Waals surface area (Å²) in [5.74, 6) is 0.293. The number of thiophene rings is 1. The number of aryl methyl sites for hydroxylation is 2. The molecule has 8 heteroatoms. The zero-order valence-corrected chi connectivity index (χ0v) is 18.6. The molecule has 3 nitrogen and oxygen atoms in total. The van der Waals surface area contributed by atoms with E-state index < -0.39 is 11.7 Å². The number of aromatic nitrogens is 2. The molecular weight excluding hydrogens is 453 g/mol. The van der Waals surface area contributed by atoms with E-state index in [-0.39, 0.29) is 5.56 Å². The lowest BCUT2D eigenvalue weighted by molar-refractivity contribution is -0.137. The fourth-order valence-electron chi connectivity index (χ4n) is 4.06. The Hall–Kier alpha value is -2.58. The van der Waals surface area contributed by atoms with Crippen LogP contribution in [-0.2, 0) is 31.3 Å². The number of rotatable bonds is 5. The molecule has 0 amide bonds. The molecule has 1 aliphatic rings. The number of fused-ring (bicyclic) bond motifs is 3. The highest BCUT2D eigenvalue weighted by Gasteiger charge is 2.30. The maximum atomic E-state index is 13.5. The summed E-state index contributed by atoms with van der Waals surface area (Å²) in [5.41, 5.74) is 1.90. The van der Waals surface area contributed by atoms with E-state index in [1.54, 1.807) is 22.0 Å². The van der Waals surface area contributed by atoms with Crippen LogP contribution in [0.5, 0.6) is 0 Å². The van der Waals surface area contributed by atoms with E-state index in [0.717, 1.165) is 47.4 Å². The Morgan fingerprint density at radius 3 is 2.59 bits per heavy atom. The minimum absolute atomic E-state index is 0.0650. The van der Waals surface area contributed by atoms with Crippen molar-refractivity contribution in [3.63, 3.8) is 0 Å². The molecule has 1 aliphatic carbocycles. The Labute approximate surface area is 190 Å². The van der Waals surface area contributed by atoms with Gasteiger partial charge in [-0.1, -0.05) is 60.3 Å². The van der Waals surface area contributed by atoms with Gasteiger partial charge in [0.1, 0.15) is 4.83 Å². The molecule has 0 radical (unpaired) electrons. The molecule has 164 valence electrons. The summed E-state index contributed by atoms with van der Waals surface area (Å²) in [7, 11) is 0. The highest BCUT2D eigenvalue weighted by molar-refractivity contribution is 7.98. The van der Waals surface area contributed by atoms with Crippen molar-refractivity contribution in [1.82, 2.24) is 9.55 Å². The van der Waals surface area contributed by atoms with Crippen molar-refractivity contribution in [2.75, 3.05) is 0 Å². The number of nitrogens with zero attached hydrogens (tertiary/aromatic N) is 2. The third-order valence-corrected chi connectivity index (χ3v) is 7.83. The van der Waals surface area contributed by atoms with Crippen LogP contribution in [0.3, 0.4) is 0 Å². The van der Waals surface area contributed by atoms with Gasteiger partial charge in [0.05, 0.1) is 17.5 Å². The van der Waals surface area contributed by atoms with Crippen molar-refractivity contribution >= 4 is 33.3 Å². The average molecular weight is 473 g/mol. The zero-order valence-electron chi connectivity index (χ0n) is 17.0. The first-order valence-electron chi connectivity index (χ1n) is 10.3. The molecule has 2 aromatic carbocycles. The van der Waals surface area contributed by atoms with Gasteiger partial charge in [-0.2, -0.15) is 13.2 Å². The summed E-state index contributed by atoms with van der Waals surface area (Å²) in [6.07, 6.45) is -1.46. The smallest absolute Gasteiger partial charge is 0.283 e. The van der Waals surface area contributed by atoms with Crippen LogP contribution in [0.2, 0.25) is 0 Å². The van der Waals surface area contributed by atoms with Crippen LogP contribution in [0.4, 0.5) is 13.2 Å². The SMILES string of the molecule is O=c1c2c3c(sc2nc(SCc2cccc(C(F)(F)F)c2)n1Cc1ccccc1)CCC3. The molecule has 32 heavy (non-hydrogen) atoms. The van der Waals surface area contributed by atoms with Gasteiger partial charge in [0.15, 0.2) is 5.16 Å². The second-order valence-electron chi connectivity index (χ2n) is 7.80. The van der Waals surface area contributed by atoms with E-state index in [4.69, 9.17) is 4.98 Å². The first-order valence-corrected chi connectivity index (χ1v) is 12.1. The van der Waals surface area contributed by atoms with Crippen LogP contribution in [-0.4, -0.2) is 9.55 Å². The normalized spacial score (nSPS) is 13.6. The van der Waals surface area contributed by atoms with Crippen molar-refractivity contribution in [2.24, 2.45) is 0 Å². The van der Waals surface area contributed by atoms with Gasteiger partial charge in [0.25, 0.3) is 5.56 Å². The molecule has 0 saturated carbocycles. The minimum Gasteiger partial charge on any atom is -0.283 e. The first kappa shape index (κ1) is 21.3. The van der Waals surface area contributed by atoms with Crippen molar-refractivity contribution < 1.29 is 13.2 Å². The van der Waals surface area contributed by atoms with Gasteiger partial charge in [-0.15, -0.1) is 11.3 Å². The number of hydrogen-bond acceptors (Lipinski definition) is 4. The fourth-order valence-corrected chi connectivity index (χ4v) is 6.30. The van der Waals surface area contributed by atoms with Crippen molar-refractivity contribution in [3.05, 3.63) is 92.1 Å². The predicted octanol–water partition coefficient (Wildman–Crippen LogP) is 6.31. The van der Waals surface area contributed by atoms with Crippen molar-refractivity contribution in [3.8, 4) is 0 Å². The lowest BCUT2D eigenvalue weighted by atomic mass is 10.1. The van der Waals surface area contributed by atoms with Gasteiger partial charge in [-0.25, -0.2) is 4.98 Å². The summed E-state index contributed by atoms with van der Waals surface area (Å²) in [6, 6.07) is 15.0. The second kappa shape index (κ2) is 8.41. The molecule has 0 N–H and O–H groups in total. The van der Waals surface area contributed by atoms with E-state index in [9.17, 15) is 18.0 Å².